The summed E-state index contributed by atoms with van der Waals surface area (Å²) < 4.78 is 4.76. The van der Waals surface area contributed by atoms with E-state index in [2.05, 4.69) is 185 Å². The minimum Gasteiger partial charge on any atom is -0.309 e. The molecule has 0 fully saturated rings. The smallest absolute Gasteiger partial charge is 0.235 e. The summed E-state index contributed by atoms with van der Waals surface area (Å²) in [5.41, 5.74) is 11.2. The van der Waals surface area contributed by atoms with E-state index >= 15 is 0 Å². The molecule has 6 aromatic carbocycles. The number of benzene rings is 6. The minimum absolute atomic E-state index is 0.316. The van der Waals surface area contributed by atoms with Gasteiger partial charge in [0.2, 0.25) is 5.95 Å². The Hall–Kier alpha value is -6.78. The highest BCUT2D eigenvalue weighted by Crippen LogP contribution is 2.36. The Morgan fingerprint density at radius 1 is 0.538 bits per heavy atom. The average Bonchev–Trinajstić information content (AvgIpc) is 3.74. The van der Waals surface area contributed by atoms with Gasteiger partial charge in [-0.25, -0.2) is 9.97 Å². The van der Waals surface area contributed by atoms with Gasteiger partial charge in [0.15, 0.2) is 0 Å². The number of hydrogen-bond acceptors (Lipinski definition) is 2. The minimum atomic E-state index is 0.316. The summed E-state index contributed by atoms with van der Waals surface area (Å²) in [7, 11) is 0. The lowest BCUT2D eigenvalue weighted by Gasteiger charge is -2.19. The van der Waals surface area contributed by atoms with Crippen molar-refractivity contribution < 1.29 is 0 Å². The SMILES string of the molecule is C1=CC2=c3c(n(-c4nc(-c5cccc(-c6ccccc6)c5)c5ccccc5n4)c4cccc(-n5c6ccccc6c6ccccc65)c34)=CCC2C=C1. The summed E-state index contributed by atoms with van der Waals surface area (Å²) in [5.74, 6) is 0.992. The molecule has 0 amide bonds. The zero-order chi connectivity index (χ0) is 34.2. The van der Waals surface area contributed by atoms with E-state index in [1.165, 1.54) is 43.5 Å². The van der Waals surface area contributed by atoms with Crippen LogP contribution in [0.5, 0.6) is 0 Å². The molecule has 1 atom stereocenters. The van der Waals surface area contributed by atoms with E-state index in [1.54, 1.807) is 0 Å². The fourth-order valence-corrected chi connectivity index (χ4v) is 8.57. The van der Waals surface area contributed by atoms with E-state index in [-0.39, 0.29) is 0 Å². The molecule has 1 unspecified atom stereocenters. The zero-order valence-corrected chi connectivity index (χ0v) is 28.3. The molecule has 244 valence electrons. The van der Waals surface area contributed by atoms with Crippen LogP contribution >= 0.6 is 0 Å². The van der Waals surface area contributed by atoms with E-state index < -0.39 is 0 Å². The van der Waals surface area contributed by atoms with Gasteiger partial charge in [-0.2, -0.15) is 0 Å². The second-order valence-corrected chi connectivity index (χ2v) is 13.7. The second kappa shape index (κ2) is 11.4. The van der Waals surface area contributed by atoms with Crippen LogP contribution in [0.25, 0.3) is 89.3 Å². The molecule has 3 heterocycles. The normalized spacial score (nSPS) is 15.0. The third kappa shape index (κ3) is 4.28. The van der Waals surface area contributed by atoms with Crippen LogP contribution in [0.4, 0.5) is 0 Å². The first kappa shape index (κ1) is 29.0. The molecule has 9 aromatic rings. The lowest BCUT2D eigenvalue weighted by molar-refractivity contribution is 0.846. The second-order valence-electron chi connectivity index (χ2n) is 13.7. The van der Waals surface area contributed by atoms with Crippen LogP contribution in [0, 0.1) is 5.92 Å². The summed E-state index contributed by atoms with van der Waals surface area (Å²) in [6.07, 6.45) is 12.3. The third-order valence-electron chi connectivity index (χ3n) is 10.8. The van der Waals surface area contributed by atoms with Crippen molar-refractivity contribution >= 4 is 55.3 Å². The monoisotopic (exact) mass is 664 g/mol. The highest BCUT2D eigenvalue weighted by molar-refractivity contribution is 6.10. The molecule has 0 saturated carbocycles. The lowest BCUT2D eigenvalue weighted by atomic mass is 9.86. The van der Waals surface area contributed by atoms with Gasteiger partial charge in [-0.1, -0.05) is 140 Å². The van der Waals surface area contributed by atoms with Gasteiger partial charge in [0.25, 0.3) is 0 Å². The summed E-state index contributed by atoms with van der Waals surface area (Å²) in [5, 5.41) is 7.15. The molecule has 0 spiro atoms. The molecular formula is C48H32N4. The molecule has 2 aliphatic rings. The number of fused-ring (bicyclic) bond motifs is 8. The van der Waals surface area contributed by atoms with E-state index in [4.69, 9.17) is 9.97 Å². The Kier molecular flexibility index (Phi) is 6.34. The van der Waals surface area contributed by atoms with Gasteiger partial charge in [-0.05, 0) is 59.5 Å². The van der Waals surface area contributed by atoms with Gasteiger partial charge >= 0.3 is 0 Å². The van der Waals surface area contributed by atoms with E-state index in [9.17, 15) is 0 Å². The maximum atomic E-state index is 5.49. The van der Waals surface area contributed by atoms with Crippen LogP contribution < -0.4 is 10.6 Å². The summed E-state index contributed by atoms with van der Waals surface area (Å²) in [4.78, 5) is 10.8. The fraction of sp³-hybridized carbons (Fsp3) is 0.0417. The number of aromatic nitrogens is 4. The molecule has 4 nitrogen and oxygen atoms in total. The van der Waals surface area contributed by atoms with E-state index in [0.29, 0.717) is 11.9 Å². The number of para-hydroxylation sites is 3. The van der Waals surface area contributed by atoms with Gasteiger partial charge in [-0.3, -0.25) is 4.57 Å². The number of rotatable bonds is 4. The highest BCUT2D eigenvalue weighted by Gasteiger charge is 2.25. The number of hydrogen-bond donors (Lipinski definition) is 0. The van der Waals surface area contributed by atoms with Crippen LogP contribution in [0.15, 0.2) is 170 Å². The van der Waals surface area contributed by atoms with Crippen molar-refractivity contribution in [3.05, 3.63) is 180 Å². The summed E-state index contributed by atoms with van der Waals surface area (Å²) >= 11 is 0. The standard InChI is InChI=1S/C48H32N4/c1-2-14-31(15-3-1)33-17-12-18-34(30-33)47-38-22-6-9-23-39(38)49-48(50-47)52-43-27-13-26-42(46(43)45-35-19-5-4-16-32(35)28-29-44(45)52)51-40-24-10-7-20-36(40)37-21-8-11-25-41(37)51/h1-27,29-30,32H,28H2. The Morgan fingerprint density at radius 2 is 1.21 bits per heavy atom. The van der Waals surface area contributed by atoms with Crippen LogP contribution in [0.2, 0.25) is 0 Å². The first-order valence-corrected chi connectivity index (χ1v) is 18.0. The Bertz CT molecular complexity index is 3050. The van der Waals surface area contributed by atoms with Gasteiger partial charge in [0.05, 0.1) is 38.8 Å². The molecular weight excluding hydrogens is 633 g/mol. The van der Waals surface area contributed by atoms with E-state index in [1.807, 2.05) is 0 Å². The van der Waals surface area contributed by atoms with Gasteiger partial charge in [0.1, 0.15) is 0 Å². The molecule has 0 N–H and O–H groups in total. The molecule has 52 heavy (non-hydrogen) atoms. The predicted molar refractivity (Wildman–Crippen MR) is 215 cm³/mol. The molecule has 0 radical (unpaired) electrons. The largest absolute Gasteiger partial charge is 0.309 e. The molecule has 11 rings (SSSR count). The topological polar surface area (TPSA) is 35.6 Å². The van der Waals surface area contributed by atoms with Crippen molar-refractivity contribution in [2.75, 3.05) is 0 Å². The average molecular weight is 665 g/mol. The first-order valence-electron chi connectivity index (χ1n) is 18.0. The number of allylic oxidation sites excluding steroid dienone is 4. The molecule has 2 aliphatic carbocycles. The molecule has 4 heteroatoms. The molecule has 3 aromatic heterocycles. The molecule has 0 aliphatic heterocycles. The first-order chi connectivity index (χ1) is 25.8. The van der Waals surface area contributed by atoms with Gasteiger partial charge in [-0.15, -0.1) is 0 Å². The number of nitrogens with zero attached hydrogens (tertiary/aromatic N) is 4. The third-order valence-corrected chi connectivity index (χ3v) is 10.8. The van der Waals surface area contributed by atoms with Crippen LogP contribution in [0.3, 0.4) is 0 Å². The molecule has 0 bridgehead atoms. The quantitative estimate of drug-likeness (QED) is 0.188. The maximum Gasteiger partial charge on any atom is 0.235 e. The summed E-state index contributed by atoms with van der Waals surface area (Å²) in [6, 6.07) is 51.9. The zero-order valence-electron chi connectivity index (χ0n) is 28.3. The van der Waals surface area contributed by atoms with Crippen LogP contribution in [-0.2, 0) is 0 Å². The van der Waals surface area contributed by atoms with Crippen molar-refractivity contribution in [3.8, 4) is 34.0 Å². The predicted octanol–water partition coefficient (Wildman–Crippen LogP) is 10.1. The maximum absolute atomic E-state index is 5.49. The lowest BCUT2D eigenvalue weighted by Crippen LogP contribution is -2.35. The fourth-order valence-electron chi connectivity index (χ4n) is 8.57. The summed E-state index contributed by atoms with van der Waals surface area (Å²) in [6.45, 7) is 0. The van der Waals surface area contributed by atoms with Crippen molar-refractivity contribution in [1.29, 1.82) is 0 Å². The Labute approximate surface area is 300 Å². The van der Waals surface area contributed by atoms with E-state index in [0.717, 1.165) is 50.7 Å². The van der Waals surface area contributed by atoms with Crippen molar-refractivity contribution in [1.82, 2.24) is 19.1 Å². The van der Waals surface area contributed by atoms with Crippen LogP contribution in [-0.4, -0.2) is 19.1 Å². The van der Waals surface area contributed by atoms with Crippen LogP contribution in [0.1, 0.15) is 6.42 Å². The molecule has 0 saturated heterocycles. The Balaban J connectivity index is 1.25. The van der Waals surface area contributed by atoms with Gasteiger partial charge in [0, 0.05) is 38.2 Å². The van der Waals surface area contributed by atoms with Crippen molar-refractivity contribution in [2.45, 2.75) is 6.42 Å². The highest BCUT2D eigenvalue weighted by atomic mass is 15.2. The van der Waals surface area contributed by atoms with Gasteiger partial charge < -0.3 is 4.57 Å². The van der Waals surface area contributed by atoms with Crippen molar-refractivity contribution in [3.63, 3.8) is 0 Å². The van der Waals surface area contributed by atoms with Crippen molar-refractivity contribution in [2.24, 2.45) is 5.92 Å². The Morgan fingerprint density at radius 3 is 2.04 bits per heavy atom.